The Bertz CT molecular complexity index is 835. The Balaban J connectivity index is 1.75. The fourth-order valence-corrected chi connectivity index (χ4v) is 2.55. The summed E-state index contributed by atoms with van der Waals surface area (Å²) < 4.78 is 5.36. The summed E-state index contributed by atoms with van der Waals surface area (Å²) in [6.07, 6.45) is 0. The van der Waals surface area contributed by atoms with E-state index in [2.05, 4.69) is 22.2 Å². The summed E-state index contributed by atoms with van der Waals surface area (Å²) in [5, 5.41) is 3.48. The highest BCUT2D eigenvalue weighted by atomic mass is 16.5. The third-order valence-electron chi connectivity index (χ3n) is 3.83. The molecule has 2 aromatic carbocycles. The zero-order valence-corrected chi connectivity index (χ0v) is 12.6. The Morgan fingerprint density at radius 2 is 1.91 bits per heavy atom. The molecule has 0 saturated carbocycles. The zero-order valence-electron chi connectivity index (χ0n) is 12.6. The van der Waals surface area contributed by atoms with Gasteiger partial charge in [-0.15, -0.1) is 0 Å². The zero-order chi connectivity index (χ0) is 15.5. The number of aromatic amines is 2. The van der Waals surface area contributed by atoms with Crippen molar-refractivity contribution in [1.29, 1.82) is 0 Å². The highest BCUT2D eigenvalue weighted by molar-refractivity contribution is 5.75. The van der Waals surface area contributed by atoms with Crippen LogP contribution in [-0.4, -0.2) is 17.1 Å². The van der Waals surface area contributed by atoms with Crippen molar-refractivity contribution in [2.75, 3.05) is 7.11 Å². The Morgan fingerprint density at radius 1 is 1.14 bits per heavy atom. The number of fused-ring (bicyclic) bond motifs is 1. The van der Waals surface area contributed by atoms with Crippen molar-refractivity contribution in [2.45, 2.75) is 19.5 Å². The molecule has 1 atom stereocenters. The first-order valence-electron chi connectivity index (χ1n) is 7.24. The van der Waals surface area contributed by atoms with E-state index >= 15 is 0 Å². The molecule has 3 N–H and O–H groups in total. The summed E-state index contributed by atoms with van der Waals surface area (Å²) in [5.74, 6) is 0.882. The number of nitrogens with one attached hydrogen (secondary N) is 3. The molecule has 1 heterocycles. The fraction of sp³-hybridized carbons (Fsp3) is 0.235. The summed E-state index contributed by atoms with van der Waals surface area (Å²) in [4.78, 5) is 16.8. The Morgan fingerprint density at radius 3 is 2.73 bits per heavy atom. The van der Waals surface area contributed by atoms with Gasteiger partial charge in [-0.25, -0.2) is 4.79 Å². The molecule has 0 aliphatic heterocycles. The second-order valence-corrected chi connectivity index (χ2v) is 5.30. The van der Waals surface area contributed by atoms with Crippen LogP contribution in [0.5, 0.6) is 5.75 Å². The number of aromatic nitrogens is 2. The average molecular weight is 297 g/mol. The molecule has 22 heavy (non-hydrogen) atoms. The van der Waals surface area contributed by atoms with E-state index < -0.39 is 0 Å². The number of ether oxygens (including phenoxy) is 1. The first kappa shape index (κ1) is 14.4. The highest BCUT2D eigenvalue weighted by Crippen LogP contribution is 2.20. The van der Waals surface area contributed by atoms with E-state index in [1.54, 1.807) is 7.11 Å². The van der Waals surface area contributed by atoms with E-state index in [0.29, 0.717) is 6.54 Å². The van der Waals surface area contributed by atoms with Gasteiger partial charge in [-0.05, 0) is 30.7 Å². The minimum atomic E-state index is -0.179. The van der Waals surface area contributed by atoms with E-state index in [-0.39, 0.29) is 11.7 Å². The molecule has 0 spiro atoms. The van der Waals surface area contributed by atoms with E-state index in [9.17, 15) is 4.79 Å². The van der Waals surface area contributed by atoms with Crippen molar-refractivity contribution in [3.05, 3.63) is 64.1 Å². The lowest BCUT2D eigenvalue weighted by molar-refractivity contribution is 0.406. The standard InChI is InChI=1S/C17H19N3O2/c1-11(18-10-13-5-3-4-6-16(13)22-2)12-7-8-14-15(9-12)20-17(21)19-14/h3-9,11,18H,10H2,1-2H3,(H2,19,20,21)/t11-/m1/s1. The lowest BCUT2D eigenvalue weighted by Gasteiger charge is -2.16. The monoisotopic (exact) mass is 297 g/mol. The van der Waals surface area contributed by atoms with Crippen molar-refractivity contribution < 1.29 is 4.74 Å². The highest BCUT2D eigenvalue weighted by Gasteiger charge is 2.09. The van der Waals surface area contributed by atoms with Gasteiger partial charge in [0.15, 0.2) is 0 Å². The second kappa shape index (κ2) is 6.07. The van der Waals surface area contributed by atoms with E-state index in [0.717, 1.165) is 27.9 Å². The number of hydrogen-bond acceptors (Lipinski definition) is 3. The van der Waals surface area contributed by atoms with Crippen LogP contribution < -0.4 is 15.7 Å². The van der Waals surface area contributed by atoms with Gasteiger partial charge in [-0.2, -0.15) is 0 Å². The van der Waals surface area contributed by atoms with Crippen molar-refractivity contribution in [3.8, 4) is 5.75 Å². The van der Waals surface area contributed by atoms with Crippen LogP contribution in [0.25, 0.3) is 11.0 Å². The van der Waals surface area contributed by atoms with Gasteiger partial charge in [-0.1, -0.05) is 24.3 Å². The van der Waals surface area contributed by atoms with E-state index in [4.69, 9.17) is 4.74 Å². The molecule has 5 heteroatoms. The van der Waals surface area contributed by atoms with Crippen LogP contribution in [0.15, 0.2) is 47.3 Å². The Labute approximate surface area is 128 Å². The molecule has 114 valence electrons. The summed E-state index contributed by atoms with van der Waals surface area (Å²) in [6, 6.07) is 14.1. The van der Waals surface area contributed by atoms with Crippen molar-refractivity contribution >= 4 is 11.0 Å². The number of benzene rings is 2. The topological polar surface area (TPSA) is 69.9 Å². The average Bonchev–Trinajstić information content (AvgIpc) is 2.91. The SMILES string of the molecule is COc1ccccc1CN[C@H](C)c1ccc2[nH]c(=O)[nH]c2c1. The van der Waals surface area contributed by atoms with Gasteiger partial charge in [0.25, 0.3) is 0 Å². The fourth-order valence-electron chi connectivity index (χ4n) is 2.55. The Kier molecular flexibility index (Phi) is 3.98. The molecule has 0 aliphatic rings. The molecule has 5 nitrogen and oxygen atoms in total. The van der Waals surface area contributed by atoms with Gasteiger partial charge in [0.1, 0.15) is 5.75 Å². The molecular weight excluding hydrogens is 278 g/mol. The molecular formula is C17H19N3O2. The maximum atomic E-state index is 11.3. The van der Waals surface area contributed by atoms with Crippen LogP contribution >= 0.6 is 0 Å². The predicted octanol–water partition coefficient (Wildman–Crippen LogP) is 2.72. The number of rotatable bonds is 5. The van der Waals surface area contributed by atoms with Crippen molar-refractivity contribution in [3.63, 3.8) is 0 Å². The van der Waals surface area contributed by atoms with Gasteiger partial charge in [-0.3, -0.25) is 0 Å². The number of para-hydroxylation sites is 1. The molecule has 0 aliphatic carbocycles. The largest absolute Gasteiger partial charge is 0.496 e. The number of H-pyrrole nitrogens is 2. The number of methoxy groups -OCH3 is 1. The van der Waals surface area contributed by atoms with Gasteiger partial charge in [0.05, 0.1) is 18.1 Å². The molecule has 0 amide bonds. The summed E-state index contributed by atoms with van der Waals surface area (Å²) in [6.45, 7) is 2.81. The molecule has 1 aromatic heterocycles. The molecule has 0 saturated heterocycles. The minimum Gasteiger partial charge on any atom is -0.496 e. The summed E-state index contributed by atoms with van der Waals surface area (Å²) >= 11 is 0. The van der Waals surface area contributed by atoms with Crippen molar-refractivity contribution in [2.24, 2.45) is 0 Å². The van der Waals surface area contributed by atoms with Crippen LogP contribution in [0.1, 0.15) is 24.1 Å². The van der Waals surface area contributed by atoms with E-state index in [1.165, 1.54) is 0 Å². The third-order valence-corrected chi connectivity index (χ3v) is 3.83. The molecule has 3 rings (SSSR count). The normalized spacial score (nSPS) is 12.5. The number of hydrogen-bond donors (Lipinski definition) is 3. The van der Waals surface area contributed by atoms with Gasteiger partial charge >= 0.3 is 5.69 Å². The van der Waals surface area contributed by atoms with E-state index in [1.807, 2.05) is 42.5 Å². The van der Waals surface area contributed by atoms with Crippen LogP contribution in [-0.2, 0) is 6.54 Å². The van der Waals surface area contributed by atoms with Gasteiger partial charge < -0.3 is 20.0 Å². The lowest BCUT2D eigenvalue weighted by Crippen LogP contribution is -2.18. The van der Waals surface area contributed by atoms with Crippen LogP contribution in [0.3, 0.4) is 0 Å². The van der Waals surface area contributed by atoms with Crippen molar-refractivity contribution in [1.82, 2.24) is 15.3 Å². The number of imidazole rings is 1. The maximum Gasteiger partial charge on any atom is 0.323 e. The summed E-state index contributed by atoms with van der Waals surface area (Å²) in [7, 11) is 1.68. The van der Waals surface area contributed by atoms with Gasteiger partial charge in [0, 0.05) is 18.2 Å². The molecule has 0 bridgehead atoms. The smallest absolute Gasteiger partial charge is 0.323 e. The quantitative estimate of drug-likeness (QED) is 0.678. The van der Waals surface area contributed by atoms with Gasteiger partial charge in [0.2, 0.25) is 0 Å². The van der Waals surface area contributed by atoms with Crippen LogP contribution in [0.2, 0.25) is 0 Å². The van der Waals surface area contributed by atoms with Crippen LogP contribution in [0, 0.1) is 0 Å². The minimum absolute atomic E-state index is 0.160. The lowest BCUT2D eigenvalue weighted by atomic mass is 10.1. The first-order chi connectivity index (χ1) is 10.7. The maximum absolute atomic E-state index is 11.3. The molecule has 3 aromatic rings. The Hall–Kier alpha value is -2.53. The third kappa shape index (κ3) is 2.89. The second-order valence-electron chi connectivity index (χ2n) is 5.30. The molecule has 0 unspecified atom stereocenters. The predicted molar refractivity (Wildman–Crippen MR) is 87.2 cm³/mol. The van der Waals surface area contributed by atoms with Crippen LogP contribution in [0.4, 0.5) is 0 Å². The summed E-state index contributed by atoms with van der Waals surface area (Å²) in [5.41, 5.74) is 3.71. The molecule has 0 radical (unpaired) electrons. The first-order valence-corrected chi connectivity index (χ1v) is 7.24. The molecule has 0 fully saturated rings.